The molecule has 122 valence electrons. The standard InChI is InChI=1S/C17H16FN5O/c1-11-6-2-3-7-12(11)10-13(16-20-22-23-21-16)17(24)19-15-9-5-4-8-14(15)18/h2-9,13H,10H2,1H3,(H,19,24)(H,20,21,22,23). The van der Waals surface area contributed by atoms with Gasteiger partial charge < -0.3 is 5.32 Å². The molecular weight excluding hydrogens is 309 g/mol. The number of H-pyrrole nitrogens is 1. The lowest BCUT2D eigenvalue weighted by Crippen LogP contribution is -2.25. The monoisotopic (exact) mass is 325 g/mol. The highest BCUT2D eigenvalue weighted by Crippen LogP contribution is 2.22. The zero-order valence-corrected chi connectivity index (χ0v) is 13.0. The van der Waals surface area contributed by atoms with Gasteiger partial charge in [-0.3, -0.25) is 4.79 Å². The average molecular weight is 325 g/mol. The van der Waals surface area contributed by atoms with E-state index >= 15 is 0 Å². The third-order valence-corrected chi connectivity index (χ3v) is 3.81. The Labute approximate surface area is 138 Å². The quantitative estimate of drug-likeness (QED) is 0.755. The van der Waals surface area contributed by atoms with Crippen molar-refractivity contribution in [3.05, 3.63) is 71.3 Å². The third kappa shape index (κ3) is 3.45. The smallest absolute Gasteiger partial charge is 0.235 e. The predicted octanol–water partition coefficient (Wildman–Crippen LogP) is 2.61. The third-order valence-electron chi connectivity index (χ3n) is 3.81. The fraction of sp³-hybridized carbons (Fsp3) is 0.176. The Balaban J connectivity index is 1.87. The molecule has 2 aromatic carbocycles. The van der Waals surface area contributed by atoms with Crippen LogP contribution in [0.25, 0.3) is 0 Å². The van der Waals surface area contributed by atoms with E-state index in [4.69, 9.17) is 0 Å². The Kier molecular flexibility index (Phi) is 4.60. The molecule has 3 aromatic rings. The molecule has 1 aromatic heterocycles. The van der Waals surface area contributed by atoms with Crippen LogP contribution in [0.4, 0.5) is 10.1 Å². The molecule has 7 heteroatoms. The lowest BCUT2D eigenvalue weighted by atomic mass is 9.94. The molecule has 0 aliphatic carbocycles. The van der Waals surface area contributed by atoms with Crippen molar-refractivity contribution < 1.29 is 9.18 Å². The molecule has 0 fully saturated rings. The summed E-state index contributed by atoms with van der Waals surface area (Å²) in [5.41, 5.74) is 2.18. The van der Waals surface area contributed by atoms with Crippen LogP contribution in [0.5, 0.6) is 0 Å². The van der Waals surface area contributed by atoms with Crippen LogP contribution >= 0.6 is 0 Å². The SMILES string of the molecule is Cc1ccccc1CC(C(=O)Nc1ccccc1F)c1nn[nH]n1. The predicted molar refractivity (Wildman–Crippen MR) is 86.8 cm³/mol. The molecule has 0 spiro atoms. The maximum Gasteiger partial charge on any atom is 0.235 e. The van der Waals surface area contributed by atoms with Gasteiger partial charge in [0.25, 0.3) is 0 Å². The first kappa shape index (κ1) is 15.8. The molecule has 1 atom stereocenters. The molecule has 1 unspecified atom stereocenters. The van der Waals surface area contributed by atoms with Crippen molar-refractivity contribution in [3.8, 4) is 0 Å². The molecule has 0 saturated heterocycles. The number of tetrazole rings is 1. The minimum atomic E-state index is -0.676. The highest BCUT2D eigenvalue weighted by Gasteiger charge is 2.26. The molecule has 2 N–H and O–H groups in total. The van der Waals surface area contributed by atoms with E-state index in [1.54, 1.807) is 12.1 Å². The van der Waals surface area contributed by atoms with E-state index in [0.717, 1.165) is 11.1 Å². The first-order valence-corrected chi connectivity index (χ1v) is 7.48. The largest absolute Gasteiger partial charge is 0.323 e. The summed E-state index contributed by atoms with van der Waals surface area (Å²) in [6.07, 6.45) is 0.395. The minimum Gasteiger partial charge on any atom is -0.323 e. The molecule has 3 rings (SSSR count). The van der Waals surface area contributed by atoms with E-state index in [-0.39, 0.29) is 17.4 Å². The van der Waals surface area contributed by atoms with Crippen LogP contribution < -0.4 is 5.32 Å². The Hall–Kier alpha value is -3.09. The number of amides is 1. The number of hydrogen-bond donors (Lipinski definition) is 2. The summed E-state index contributed by atoms with van der Waals surface area (Å²) in [5, 5.41) is 16.3. The van der Waals surface area contributed by atoms with E-state index in [1.807, 2.05) is 31.2 Å². The van der Waals surface area contributed by atoms with Gasteiger partial charge in [-0.15, -0.1) is 10.2 Å². The van der Waals surface area contributed by atoms with E-state index < -0.39 is 11.7 Å². The number of hydrogen-bond acceptors (Lipinski definition) is 4. The molecular formula is C17H16FN5O. The summed E-state index contributed by atoms with van der Waals surface area (Å²) in [6, 6.07) is 13.8. The number of aromatic nitrogens is 4. The van der Waals surface area contributed by atoms with Gasteiger partial charge in [-0.1, -0.05) is 41.6 Å². The van der Waals surface area contributed by atoms with Crippen LogP contribution in [0.2, 0.25) is 0 Å². The van der Waals surface area contributed by atoms with Crippen LogP contribution in [0.1, 0.15) is 22.9 Å². The van der Waals surface area contributed by atoms with Crippen LogP contribution in [0.15, 0.2) is 48.5 Å². The van der Waals surface area contributed by atoms with Crippen molar-refractivity contribution >= 4 is 11.6 Å². The number of benzene rings is 2. The maximum atomic E-state index is 13.8. The van der Waals surface area contributed by atoms with Gasteiger partial charge in [-0.05, 0) is 36.6 Å². The zero-order valence-electron chi connectivity index (χ0n) is 13.0. The van der Waals surface area contributed by atoms with E-state index in [0.29, 0.717) is 6.42 Å². The van der Waals surface area contributed by atoms with Crippen LogP contribution in [0.3, 0.4) is 0 Å². The lowest BCUT2D eigenvalue weighted by molar-refractivity contribution is -0.117. The molecule has 1 amide bonds. The molecule has 0 bridgehead atoms. The zero-order chi connectivity index (χ0) is 16.9. The van der Waals surface area contributed by atoms with Gasteiger partial charge in [0.1, 0.15) is 11.7 Å². The number of carbonyl (C=O) groups is 1. The first-order valence-electron chi connectivity index (χ1n) is 7.48. The number of aryl methyl sites for hydroxylation is 1. The fourth-order valence-electron chi connectivity index (χ4n) is 2.46. The summed E-state index contributed by atoms with van der Waals surface area (Å²) in [6.45, 7) is 1.97. The van der Waals surface area contributed by atoms with Gasteiger partial charge in [-0.2, -0.15) is 5.21 Å². The van der Waals surface area contributed by atoms with Crippen LogP contribution in [0, 0.1) is 12.7 Å². The second-order valence-electron chi connectivity index (χ2n) is 5.42. The van der Waals surface area contributed by atoms with Crippen molar-refractivity contribution in [1.29, 1.82) is 0 Å². The minimum absolute atomic E-state index is 0.126. The molecule has 0 saturated carbocycles. The fourth-order valence-corrected chi connectivity index (χ4v) is 2.46. The summed E-state index contributed by atoms with van der Waals surface area (Å²) >= 11 is 0. The molecule has 0 aliphatic heterocycles. The number of nitrogens with one attached hydrogen (secondary N) is 2. The van der Waals surface area contributed by atoms with Gasteiger partial charge in [0.2, 0.25) is 5.91 Å². The Morgan fingerprint density at radius 1 is 1.21 bits per heavy atom. The van der Waals surface area contributed by atoms with E-state index in [9.17, 15) is 9.18 Å². The Bertz CT molecular complexity index is 835. The Morgan fingerprint density at radius 2 is 1.96 bits per heavy atom. The molecule has 24 heavy (non-hydrogen) atoms. The molecule has 0 radical (unpaired) electrons. The van der Waals surface area contributed by atoms with E-state index in [1.165, 1.54) is 12.1 Å². The Morgan fingerprint density at radius 3 is 2.67 bits per heavy atom. The first-order chi connectivity index (χ1) is 11.6. The summed E-state index contributed by atoms with van der Waals surface area (Å²) < 4.78 is 13.8. The van der Waals surface area contributed by atoms with Crippen molar-refractivity contribution in [2.24, 2.45) is 0 Å². The summed E-state index contributed by atoms with van der Waals surface area (Å²) in [7, 11) is 0. The van der Waals surface area contributed by atoms with Gasteiger partial charge in [0.15, 0.2) is 5.82 Å². The number of carbonyl (C=O) groups excluding carboxylic acids is 1. The number of halogens is 1. The van der Waals surface area contributed by atoms with Crippen molar-refractivity contribution in [1.82, 2.24) is 20.6 Å². The second kappa shape index (κ2) is 6.99. The van der Waals surface area contributed by atoms with Crippen LogP contribution in [-0.2, 0) is 11.2 Å². The molecule has 0 aliphatic rings. The molecule has 6 nitrogen and oxygen atoms in total. The van der Waals surface area contributed by atoms with Gasteiger partial charge in [0.05, 0.1) is 5.69 Å². The number of para-hydroxylation sites is 1. The van der Waals surface area contributed by atoms with Crippen molar-refractivity contribution in [3.63, 3.8) is 0 Å². The second-order valence-corrected chi connectivity index (χ2v) is 5.42. The number of rotatable bonds is 5. The van der Waals surface area contributed by atoms with Gasteiger partial charge in [0, 0.05) is 0 Å². The van der Waals surface area contributed by atoms with Crippen LogP contribution in [-0.4, -0.2) is 26.5 Å². The topological polar surface area (TPSA) is 83.6 Å². The number of anilines is 1. The van der Waals surface area contributed by atoms with Crippen molar-refractivity contribution in [2.75, 3.05) is 5.32 Å². The highest BCUT2D eigenvalue weighted by molar-refractivity contribution is 5.95. The number of nitrogens with zero attached hydrogens (tertiary/aromatic N) is 3. The number of aromatic amines is 1. The average Bonchev–Trinajstić information content (AvgIpc) is 3.10. The van der Waals surface area contributed by atoms with Gasteiger partial charge in [-0.25, -0.2) is 4.39 Å². The van der Waals surface area contributed by atoms with Gasteiger partial charge >= 0.3 is 0 Å². The summed E-state index contributed by atoms with van der Waals surface area (Å²) in [4.78, 5) is 12.7. The highest BCUT2D eigenvalue weighted by atomic mass is 19.1. The normalized spacial score (nSPS) is 11.9. The maximum absolute atomic E-state index is 13.8. The summed E-state index contributed by atoms with van der Waals surface area (Å²) in [5.74, 6) is -1.28. The lowest BCUT2D eigenvalue weighted by Gasteiger charge is -2.15. The molecule has 1 heterocycles. The van der Waals surface area contributed by atoms with E-state index in [2.05, 4.69) is 25.9 Å². The van der Waals surface area contributed by atoms with Crippen molar-refractivity contribution in [2.45, 2.75) is 19.3 Å².